The monoisotopic (exact) mass is 418 g/mol. The van der Waals surface area contributed by atoms with Crippen LogP contribution in [0.2, 0.25) is 0 Å². The van der Waals surface area contributed by atoms with Gasteiger partial charge in [0.2, 0.25) is 0 Å². The molecule has 0 amide bonds. The predicted molar refractivity (Wildman–Crippen MR) is 135 cm³/mol. The van der Waals surface area contributed by atoms with E-state index in [-0.39, 0.29) is 21.7 Å². The summed E-state index contributed by atoms with van der Waals surface area (Å²) in [5, 5.41) is 0. The molecule has 0 fully saturated rings. The van der Waals surface area contributed by atoms with Crippen LogP contribution < -0.4 is 0 Å². The van der Waals surface area contributed by atoms with E-state index in [2.05, 4.69) is 128 Å². The molecule has 0 aliphatic carbocycles. The molecule has 0 aromatic heterocycles. The number of hydrogen-bond acceptors (Lipinski definition) is 1. The van der Waals surface area contributed by atoms with Gasteiger partial charge in [-0.25, -0.2) is 0 Å². The fourth-order valence-corrected chi connectivity index (χ4v) is 4.87. The minimum absolute atomic E-state index is 0.0397. The van der Waals surface area contributed by atoms with Crippen molar-refractivity contribution in [3.05, 3.63) is 96.5 Å². The van der Waals surface area contributed by atoms with Crippen LogP contribution in [-0.2, 0) is 15.6 Å². The largest absolute Gasteiger partial charge is 0.473 e. The zero-order valence-corrected chi connectivity index (χ0v) is 20.9. The van der Waals surface area contributed by atoms with Gasteiger partial charge in [-0.2, -0.15) is 0 Å². The van der Waals surface area contributed by atoms with Crippen LogP contribution in [0.4, 0.5) is 0 Å². The highest BCUT2D eigenvalue weighted by atomic mass is 16.5. The smallest absolute Gasteiger partial charge is 0.0866 e. The quantitative estimate of drug-likeness (QED) is 0.350. The topological polar surface area (TPSA) is 9.23 Å². The third-order valence-electron chi connectivity index (χ3n) is 6.10. The van der Waals surface area contributed by atoms with Gasteiger partial charge in [0.05, 0.1) is 12.5 Å². The zero-order chi connectivity index (χ0) is 23.2. The van der Waals surface area contributed by atoms with Crippen molar-refractivity contribution in [2.24, 2.45) is 10.8 Å². The molecule has 0 N–H and O–H groups in total. The Hall–Kier alpha value is -2.28. The predicted octanol–water partition coefficient (Wildman–Crippen LogP) is 8.82. The van der Waals surface area contributed by atoms with E-state index in [0.29, 0.717) is 0 Å². The Morgan fingerprint density at radius 1 is 0.548 bits per heavy atom. The van der Waals surface area contributed by atoms with Crippen molar-refractivity contribution in [2.45, 2.75) is 79.1 Å². The van der Waals surface area contributed by atoms with E-state index in [4.69, 9.17) is 4.74 Å². The maximum absolute atomic E-state index is 5.78. The van der Waals surface area contributed by atoms with Gasteiger partial charge < -0.3 is 4.74 Å². The summed E-state index contributed by atoms with van der Waals surface area (Å²) < 4.78 is 5.78. The lowest BCUT2D eigenvalue weighted by Crippen LogP contribution is -2.25. The molecule has 2 aromatic carbocycles. The highest BCUT2D eigenvalue weighted by molar-refractivity contribution is 5.25. The van der Waals surface area contributed by atoms with E-state index in [1.54, 1.807) is 0 Å². The van der Waals surface area contributed by atoms with Crippen LogP contribution in [0.5, 0.6) is 0 Å². The van der Waals surface area contributed by atoms with Crippen LogP contribution in [-0.4, -0.2) is 0 Å². The standard InChI is InChI=1S/C30H42O/c1-27(2,23-29(5,6)25-15-11-9-12-16-25)19-21-31-22-20-28(3,4)24-30(7,8)26-17-13-10-14-18-26/h9-22H,23-24H2,1-8H3/b21-19+,22-20+. The van der Waals surface area contributed by atoms with E-state index < -0.39 is 0 Å². The Kier molecular flexibility index (Phi) is 7.98. The fraction of sp³-hybridized carbons (Fsp3) is 0.467. The summed E-state index contributed by atoms with van der Waals surface area (Å²) >= 11 is 0. The second-order valence-electron chi connectivity index (χ2n) is 11.6. The van der Waals surface area contributed by atoms with E-state index in [1.807, 2.05) is 12.5 Å². The fourth-order valence-electron chi connectivity index (χ4n) is 4.87. The molecule has 2 aromatic rings. The first-order valence-electron chi connectivity index (χ1n) is 11.5. The first-order chi connectivity index (χ1) is 14.3. The average Bonchev–Trinajstić information content (AvgIpc) is 2.67. The van der Waals surface area contributed by atoms with Crippen LogP contribution in [0.3, 0.4) is 0 Å². The second-order valence-corrected chi connectivity index (χ2v) is 11.6. The molecular formula is C30H42O. The van der Waals surface area contributed by atoms with Gasteiger partial charge in [-0.15, -0.1) is 0 Å². The Labute approximate surface area is 191 Å². The zero-order valence-electron chi connectivity index (χ0n) is 20.9. The highest BCUT2D eigenvalue weighted by Crippen LogP contribution is 2.38. The van der Waals surface area contributed by atoms with E-state index in [9.17, 15) is 0 Å². The SMILES string of the molecule is CC(C)(/C=C/O/C=C/C(C)(C)CC(C)(C)c1ccccc1)CC(C)(C)c1ccccc1. The molecular weight excluding hydrogens is 376 g/mol. The summed E-state index contributed by atoms with van der Waals surface area (Å²) in [7, 11) is 0. The number of hydrogen-bond donors (Lipinski definition) is 0. The molecule has 31 heavy (non-hydrogen) atoms. The van der Waals surface area contributed by atoms with Crippen LogP contribution in [0.1, 0.15) is 79.4 Å². The number of ether oxygens (including phenoxy) is 1. The van der Waals surface area contributed by atoms with Crippen molar-refractivity contribution >= 4 is 0 Å². The number of benzene rings is 2. The Morgan fingerprint density at radius 3 is 1.19 bits per heavy atom. The van der Waals surface area contributed by atoms with Crippen molar-refractivity contribution in [3.63, 3.8) is 0 Å². The normalized spacial score (nSPS) is 13.8. The molecule has 0 spiro atoms. The molecule has 0 aliphatic rings. The maximum atomic E-state index is 5.78. The van der Waals surface area contributed by atoms with E-state index in [0.717, 1.165) is 12.8 Å². The molecule has 0 aliphatic heterocycles. The van der Waals surface area contributed by atoms with Crippen molar-refractivity contribution in [2.75, 3.05) is 0 Å². The molecule has 168 valence electrons. The number of rotatable bonds is 10. The van der Waals surface area contributed by atoms with Gasteiger partial charge in [-0.3, -0.25) is 0 Å². The summed E-state index contributed by atoms with van der Waals surface area (Å²) in [4.78, 5) is 0. The molecule has 0 atom stereocenters. The van der Waals surface area contributed by atoms with Gasteiger partial charge in [0.1, 0.15) is 0 Å². The van der Waals surface area contributed by atoms with Crippen LogP contribution in [0.25, 0.3) is 0 Å². The Balaban J connectivity index is 1.93. The van der Waals surface area contributed by atoms with Gasteiger partial charge in [-0.1, -0.05) is 116 Å². The second kappa shape index (κ2) is 9.90. The van der Waals surface area contributed by atoms with Crippen molar-refractivity contribution in [3.8, 4) is 0 Å². The average molecular weight is 419 g/mol. The number of allylic oxidation sites excluding steroid dienone is 2. The minimum Gasteiger partial charge on any atom is -0.473 e. The van der Waals surface area contributed by atoms with E-state index in [1.165, 1.54) is 11.1 Å². The maximum Gasteiger partial charge on any atom is 0.0866 e. The van der Waals surface area contributed by atoms with Crippen LogP contribution in [0.15, 0.2) is 85.3 Å². The van der Waals surface area contributed by atoms with Crippen molar-refractivity contribution in [1.82, 2.24) is 0 Å². The molecule has 0 unspecified atom stereocenters. The van der Waals surface area contributed by atoms with Gasteiger partial charge in [0.25, 0.3) is 0 Å². The molecule has 0 bridgehead atoms. The molecule has 1 nitrogen and oxygen atoms in total. The van der Waals surface area contributed by atoms with E-state index >= 15 is 0 Å². The summed E-state index contributed by atoms with van der Waals surface area (Å²) in [6.45, 7) is 18.3. The third kappa shape index (κ3) is 8.05. The minimum atomic E-state index is 0.0397. The lowest BCUT2D eigenvalue weighted by molar-refractivity contribution is 0.299. The first-order valence-corrected chi connectivity index (χ1v) is 11.5. The van der Waals surface area contributed by atoms with Crippen LogP contribution in [0, 0.1) is 10.8 Å². The molecule has 0 saturated heterocycles. The van der Waals surface area contributed by atoms with Crippen molar-refractivity contribution < 1.29 is 4.74 Å². The summed E-state index contributed by atoms with van der Waals surface area (Å²) in [5.74, 6) is 0. The van der Waals surface area contributed by atoms with Gasteiger partial charge in [-0.05, 0) is 57.8 Å². The van der Waals surface area contributed by atoms with Crippen molar-refractivity contribution in [1.29, 1.82) is 0 Å². The summed E-state index contributed by atoms with van der Waals surface area (Å²) in [6, 6.07) is 21.5. The van der Waals surface area contributed by atoms with Gasteiger partial charge in [0.15, 0.2) is 0 Å². The third-order valence-corrected chi connectivity index (χ3v) is 6.10. The first kappa shape index (κ1) is 25.0. The molecule has 1 heteroatoms. The Bertz CT molecular complexity index is 778. The lowest BCUT2D eigenvalue weighted by Gasteiger charge is -2.33. The molecule has 2 rings (SSSR count). The van der Waals surface area contributed by atoms with Crippen LogP contribution >= 0.6 is 0 Å². The molecule has 0 saturated carbocycles. The van der Waals surface area contributed by atoms with Gasteiger partial charge in [0, 0.05) is 0 Å². The Morgan fingerprint density at radius 2 is 0.871 bits per heavy atom. The van der Waals surface area contributed by atoms with Gasteiger partial charge >= 0.3 is 0 Å². The highest BCUT2D eigenvalue weighted by Gasteiger charge is 2.29. The lowest BCUT2D eigenvalue weighted by atomic mass is 9.71. The molecule has 0 heterocycles. The summed E-state index contributed by atoms with van der Waals surface area (Å²) in [6.07, 6.45) is 10.1. The summed E-state index contributed by atoms with van der Waals surface area (Å²) in [5.41, 5.74) is 3.04. The molecule has 0 radical (unpaired) electrons.